The lowest BCUT2D eigenvalue weighted by Crippen LogP contribution is -2.60. The molecule has 2 atom stereocenters. The van der Waals surface area contributed by atoms with Gasteiger partial charge in [-0.25, -0.2) is 4.79 Å². The predicted octanol–water partition coefficient (Wildman–Crippen LogP) is 2.62. The highest BCUT2D eigenvalue weighted by Gasteiger charge is 2.43. The van der Waals surface area contributed by atoms with Crippen molar-refractivity contribution < 1.29 is 14.3 Å². The smallest absolute Gasteiger partial charge is 0.408 e. The van der Waals surface area contributed by atoms with Crippen LogP contribution >= 0.6 is 0 Å². The molecule has 6 heteroatoms. The SMILES string of the molecule is CC(C)(C)OC(=O)N[C@@H]1[C@@H](N)c2cc(C#N)ccc2OC1(C)C. The lowest BCUT2D eigenvalue weighted by Gasteiger charge is -2.43. The van der Waals surface area contributed by atoms with Crippen molar-refractivity contribution in [3.63, 3.8) is 0 Å². The van der Waals surface area contributed by atoms with Gasteiger partial charge in [0.25, 0.3) is 0 Å². The van der Waals surface area contributed by atoms with Gasteiger partial charge < -0.3 is 20.5 Å². The number of nitrogens with one attached hydrogen (secondary N) is 1. The van der Waals surface area contributed by atoms with Crippen LogP contribution in [0.2, 0.25) is 0 Å². The van der Waals surface area contributed by atoms with Crippen LogP contribution in [0.4, 0.5) is 4.79 Å². The first kappa shape index (κ1) is 17.1. The molecule has 2 rings (SSSR count). The summed E-state index contributed by atoms with van der Waals surface area (Å²) < 4.78 is 11.3. The highest BCUT2D eigenvalue weighted by molar-refractivity contribution is 5.68. The molecule has 1 heterocycles. The maximum absolute atomic E-state index is 12.1. The first-order chi connectivity index (χ1) is 10.5. The van der Waals surface area contributed by atoms with Crippen molar-refractivity contribution in [3.05, 3.63) is 29.3 Å². The van der Waals surface area contributed by atoms with Crippen molar-refractivity contribution in [1.82, 2.24) is 5.32 Å². The fourth-order valence-electron chi connectivity index (χ4n) is 2.63. The van der Waals surface area contributed by atoms with E-state index < -0.39 is 29.4 Å². The van der Waals surface area contributed by atoms with Gasteiger partial charge in [-0.2, -0.15) is 5.26 Å². The Hall–Kier alpha value is -2.26. The lowest BCUT2D eigenvalue weighted by atomic mass is 9.84. The van der Waals surface area contributed by atoms with Gasteiger partial charge in [-0.3, -0.25) is 0 Å². The molecule has 1 aliphatic heterocycles. The van der Waals surface area contributed by atoms with Gasteiger partial charge in [0.2, 0.25) is 0 Å². The Morgan fingerprint density at radius 2 is 2.09 bits per heavy atom. The Morgan fingerprint density at radius 3 is 2.65 bits per heavy atom. The molecule has 1 aromatic rings. The molecule has 0 saturated heterocycles. The van der Waals surface area contributed by atoms with Crippen LogP contribution in [0.25, 0.3) is 0 Å². The molecule has 6 nitrogen and oxygen atoms in total. The second-order valence-electron chi connectivity index (χ2n) is 7.22. The van der Waals surface area contributed by atoms with Crippen LogP contribution < -0.4 is 15.8 Å². The third-order valence-electron chi connectivity index (χ3n) is 3.65. The Balaban J connectivity index is 2.29. The fraction of sp³-hybridized carbons (Fsp3) is 0.529. The summed E-state index contributed by atoms with van der Waals surface area (Å²) >= 11 is 0. The van der Waals surface area contributed by atoms with E-state index in [1.165, 1.54) is 0 Å². The quantitative estimate of drug-likeness (QED) is 0.830. The van der Waals surface area contributed by atoms with Gasteiger partial charge in [-0.1, -0.05) is 0 Å². The second-order valence-corrected chi connectivity index (χ2v) is 7.22. The van der Waals surface area contributed by atoms with Crippen molar-refractivity contribution in [2.75, 3.05) is 0 Å². The largest absolute Gasteiger partial charge is 0.485 e. The van der Waals surface area contributed by atoms with Crippen LogP contribution in [-0.4, -0.2) is 23.3 Å². The molecule has 0 unspecified atom stereocenters. The third-order valence-corrected chi connectivity index (χ3v) is 3.65. The number of amides is 1. The van der Waals surface area contributed by atoms with Crippen molar-refractivity contribution in [2.24, 2.45) is 5.73 Å². The number of fused-ring (bicyclic) bond motifs is 1. The van der Waals surface area contributed by atoms with E-state index in [-0.39, 0.29) is 0 Å². The molecule has 0 radical (unpaired) electrons. The van der Waals surface area contributed by atoms with E-state index >= 15 is 0 Å². The van der Waals surface area contributed by atoms with Gasteiger partial charge in [-0.05, 0) is 52.8 Å². The number of benzene rings is 1. The molecule has 124 valence electrons. The zero-order valence-electron chi connectivity index (χ0n) is 14.1. The van der Waals surface area contributed by atoms with E-state index in [2.05, 4.69) is 11.4 Å². The molecular formula is C17H23N3O3. The number of nitriles is 1. The Kier molecular flexibility index (Phi) is 4.27. The van der Waals surface area contributed by atoms with Gasteiger partial charge in [0.1, 0.15) is 17.0 Å². The summed E-state index contributed by atoms with van der Waals surface area (Å²) in [5.74, 6) is 0.628. The van der Waals surface area contributed by atoms with Crippen molar-refractivity contribution in [1.29, 1.82) is 5.26 Å². The standard InChI is InChI=1S/C17H23N3O3/c1-16(2,3)23-15(21)20-14-13(19)11-8-10(9-18)6-7-12(11)22-17(14,4)5/h6-8,13-14H,19H2,1-5H3,(H,20,21)/t13-,14+/m0/s1. The third kappa shape index (κ3) is 3.74. The minimum atomic E-state index is -0.711. The molecule has 0 spiro atoms. The number of carbonyl (C=O) groups is 1. The number of carbonyl (C=O) groups excluding carboxylic acids is 1. The van der Waals surface area contributed by atoms with Gasteiger partial charge in [0.15, 0.2) is 0 Å². The molecule has 0 aliphatic carbocycles. The minimum Gasteiger partial charge on any atom is -0.485 e. The highest BCUT2D eigenvalue weighted by atomic mass is 16.6. The van der Waals surface area contributed by atoms with Gasteiger partial charge >= 0.3 is 6.09 Å². The second kappa shape index (κ2) is 5.74. The summed E-state index contributed by atoms with van der Waals surface area (Å²) in [6.45, 7) is 9.10. The Labute approximate surface area is 136 Å². The molecule has 3 N–H and O–H groups in total. The number of hydrogen-bond acceptors (Lipinski definition) is 5. The predicted molar refractivity (Wildman–Crippen MR) is 86.0 cm³/mol. The van der Waals surface area contributed by atoms with Crippen LogP contribution in [-0.2, 0) is 4.74 Å². The molecule has 23 heavy (non-hydrogen) atoms. The zero-order chi connectivity index (χ0) is 17.4. The molecule has 1 amide bonds. The van der Waals surface area contributed by atoms with Crippen LogP contribution in [0.3, 0.4) is 0 Å². The number of hydrogen-bond donors (Lipinski definition) is 2. The Morgan fingerprint density at radius 1 is 1.43 bits per heavy atom. The lowest BCUT2D eigenvalue weighted by molar-refractivity contribution is 0.0139. The summed E-state index contributed by atoms with van der Waals surface area (Å²) in [6, 6.07) is 6.20. The normalized spacial score (nSPS) is 22.3. The summed E-state index contributed by atoms with van der Waals surface area (Å²) in [7, 11) is 0. The number of rotatable bonds is 1. The Bertz CT molecular complexity index is 656. The molecule has 1 aliphatic rings. The van der Waals surface area contributed by atoms with Crippen molar-refractivity contribution in [3.8, 4) is 11.8 Å². The fourth-order valence-corrected chi connectivity index (χ4v) is 2.63. The first-order valence-corrected chi connectivity index (χ1v) is 7.51. The number of nitrogens with zero attached hydrogens (tertiary/aromatic N) is 1. The van der Waals surface area contributed by atoms with E-state index in [1.54, 1.807) is 39.0 Å². The summed E-state index contributed by atoms with van der Waals surface area (Å²) in [5.41, 5.74) is 6.23. The topological polar surface area (TPSA) is 97.4 Å². The molecule has 1 aromatic carbocycles. The van der Waals surface area contributed by atoms with E-state index in [9.17, 15) is 4.79 Å². The van der Waals surface area contributed by atoms with Crippen molar-refractivity contribution in [2.45, 2.75) is 57.9 Å². The molecule has 0 bridgehead atoms. The van der Waals surface area contributed by atoms with Crippen LogP contribution in [0.1, 0.15) is 51.8 Å². The minimum absolute atomic E-state index is 0.487. The van der Waals surface area contributed by atoms with Crippen LogP contribution in [0, 0.1) is 11.3 Å². The summed E-state index contributed by atoms with van der Waals surface area (Å²) in [5, 5.41) is 11.8. The molecule has 0 fully saturated rings. The van der Waals surface area contributed by atoms with Gasteiger partial charge in [0, 0.05) is 5.56 Å². The first-order valence-electron chi connectivity index (χ1n) is 7.51. The average Bonchev–Trinajstić information content (AvgIpc) is 2.41. The van der Waals surface area contributed by atoms with E-state index in [4.69, 9.17) is 20.5 Å². The van der Waals surface area contributed by atoms with Crippen LogP contribution in [0.5, 0.6) is 5.75 Å². The van der Waals surface area contributed by atoms with Gasteiger partial charge in [-0.15, -0.1) is 0 Å². The van der Waals surface area contributed by atoms with E-state index in [0.29, 0.717) is 16.9 Å². The molecular weight excluding hydrogens is 294 g/mol. The zero-order valence-corrected chi connectivity index (χ0v) is 14.1. The molecule has 0 saturated carbocycles. The van der Waals surface area contributed by atoms with Gasteiger partial charge in [0.05, 0.1) is 23.7 Å². The number of ether oxygens (including phenoxy) is 2. The summed E-state index contributed by atoms with van der Waals surface area (Å²) in [4.78, 5) is 12.1. The molecule has 0 aromatic heterocycles. The number of nitrogens with two attached hydrogens (primary N) is 1. The van der Waals surface area contributed by atoms with Crippen molar-refractivity contribution >= 4 is 6.09 Å². The highest BCUT2D eigenvalue weighted by Crippen LogP contribution is 2.39. The van der Waals surface area contributed by atoms with E-state index in [0.717, 1.165) is 0 Å². The summed E-state index contributed by atoms with van der Waals surface area (Å²) in [6.07, 6.45) is -0.547. The monoisotopic (exact) mass is 317 g/mol. The van der Waals surface area contributed by atoms with E-state index in [1.807, 2.05) is 13.8 Å². The van der Waals surface area contributed by atoms with Crippen LogP contribution in [0.15, 0.2) is 18.2 Å². The number of alkyl carbamates (subject to hydrolysis) is 1. The average molecular weight is 317 g/mol. The maximum Gasteiger partial charge on any atom is 0.408 e. The maximum atomic E-state index is 12.1.